The number of hydrogen-bond acceptors (Lipinski definition) is 4. The minimum Gasteiger partial charge on any atom is -0.497 e. The van der Waals surface area contributed by atoms with Gasteiger partial charge in [0.1, 0.15) is 5.75 Å². The average Bonchev–Trinajstić information content (AvgIpc) is 3.03. The van der Waals surface area contributed by atoms with Gasteiger partial charge in [-0.2, -0.15) is 0 Å². The van der Waals surface area contributed by atoms with Gasteiger partial charge in [-0.25, -0.2) is 0 Å². The summed E-state index contributed by atoms with van der Waals surface area (Å²) in [6.45, 7) is 11.4. The van der Waals surface area contributed by atoms with Crippen molar-refractivity contribution in [3.8, 4) is 16.9 Å². The van der Waals surface area contributed by atoms with Crippen LogP contribution in [0.2, 0.25) is 18.1 Å². The molecule has 0 radical (unpaired) electrons. The van der Waals surface area contributed by atoms with Crippen LogP contribution in [0.3, 0.4) is 0 Å². The second-order valence-electron chi connectivity index (χ2n) is 10.2. The van der Waals surface area contributed by atoms with Gasteiger partial charge in [0.25, 0.3) is 0 Å². The van der Waals surface area contributed by atoms with Crippen molar-refractivity contribution in [2.45, 2.75) is 63.4 Å². The lowest BCUT2D eigenvalue weighted by Gasteiger charge is -2.38. The molecule has 1 fully saturated rings. The van der Waals surface area contributed by atoms with Crippen LogP contribution >= 0.6 is 0 Å². The van der Waals surface area contributed by atoms with Crippen molar-refractivity contribution in [1.29, 1.82) is 0 Å². The lowest BCUT2D eigenvalue weighted by atomic mass is 9.81. The summed E-state index contributed by atoms with van der Waals surface area (Å²) in [5.74, 6) is 0.810. The molecule has 4 nitrogen and oxygen atoms in total. The molecule has 1 aliphatic rings. The van der Waals surface area contributed by atoms with Gasteiger partial charge in [-0.1, -0.05) is 51.1 Å². The highest BCUT2D eigenvalue weighted by molar-refractivity contribution is 6.74. The van der Waals surface area contributed by atoms with Crippen LogP contribution in [0.15, 0.2) is 48.5 Å². The van der Waals surface area contributed by atoms with Gasteiger partial charge in [0, 0.05) is 24.2 Å². The molecule has 0 aromatic heterocycles. The van der Waals surface area contributed by atoms with Crippen LogP contribution in [0, 0.1) is 5.92 Å². The van der Waals surface area contributed by atoms with Gasteiger partial charge in [-0.05, 0) is 65.9 Å². The van der Waals surface area contributed by atoms with Gasteiger partial charge < -0.3 is 20.0 Å². The van der Waals surface area contributed by atoms with Gasteiger partial charge >= 0.3 is 0 Å². The normalized spacial score (nSPS) is 24.8. The molecule has 0 saturated heterocycles. The molecule has 5 heteroatoms. The van der Waals surface area contributed by atoms with Gasteiger partial charge in [0.2, 0.25) is 0 Å². The zero-order chi connectivity index (χ0) is 22.2. The molecule has 3 atom stereocenters. The van der Waals surface area contributed by atoms with Crippen LogP contribution in [0.1, 0.15) is 39.2 Å². The van der Waals surface area contributed by atoms with Crippen molar-refractivity contribution in [3.05, 3.63) is 54.1 Å². The van der Waals surface area contributed by atoms with E-state index >= 15 is 0 Å². The smallest absolute Gasteiger partial charge is 0.192 e. The van der Waals surface area contributed by atoms with Crippen LogP contribution < -0.4 is 10.5 Å². The van der Waals surface area contributed by atoms with E-state index in [0.717, 1.165) is 35.3 Å². The standard InChI is InChI=1S/C25H37NO3Si/c1-24(2,3)30(5,6)29-23-15-21(17-27)25(26,16-23)20-11-7-9-18(13-20)19-10-8-12-22(14-19)28-4/h7-14,21,23,27H,15-17,26H2,1-6H3. The molecule has 0 bridgehead atoms. The summed E-state index contributed by atoms with van der Waals surface area (Å²) in [4.78, 5) is 0. The Balaban J connectivity index is 1.90. The molecular weight excluding hydrogens is 390 g/mol. The van der Waals surface area contributed by atoms with Crippen molar-refractivity contribution < 1.29 is 14.3 Å². The second kappa shape index (κ2) is 8.46. The van der Waals surface area contributed by atoms with E-state index in [-0.39, 0.29) is 23.7 Å². The summed E-state index contributed by atoms with van der Waals surface area (Å²) in [5, 5.41) is 10.3. The van der Waals surface area contributed by atoms with Crippen LogP contribution in [0.25, 0.3) is 11.1 Å². The Morgan fingerprint density at radius 2 is 1.73 bits per heavy atom. The summed E-state index contributed by atoms with van der Waals surface area (Å²) >= 11 is 0. The van der Waals surface area contributed by atoms with Gasteiger partial charge in [0.15, 0.2) is 8.32 Å². The fraction of sp³-hybridized carbons (Fsp3) is 0.520. The molecule has 1 saturated carbocycles. The lowest BCUT2D eigenvalue weighted by molar-refractivity contribution is 0.164. The van der Waals surface area contributed by atoms with Crippen molar-refractivity contribution >= 4 is 8.32 Å². The minimum atomic E-state index is -1.90. The first-order valence-electron chi connectivity index (χ1n) is 10.8. The quantitative estimate of drug-likeness (QED) is 0.613. The van der Waals surface area contributed by atoms with E-state index in [0.29, 0.717) is 0 Å². The molecule has 3 unspecified atom stereocenters. The third-order valence-electron chi connectivity index (χ3n) is 7.13. The van der Waals surface area contributed by atoms with Crippen LogP contribution in [-0.2, 0) is 9.96 Å². The average molecular weight is 428 g/mol. The zero-order valence-corrected chi connectivity index (χ0v) is 20.2. The molecular formula is C25H37NO3Si. The van der Waals surface area contributed by atoms with Crippen molar-refractivity contribution in [2.24, 2.45) is 11.7 Å². The Morgan fingerprint density at radius 1 is 1.10 bits per heavy atom. The number of aliphatic hydroxyl groups is 1. The number of hydrogen-bond donors (Lipinski definition) is 2. The van der Waals surface area contributed by atoms with E-state index in [9.17, 15) is 5.11 Å². The summed E-state index contributed by atoms with van der Waals surface area (Å²) in [5.41, 5.74) is 9.65. The Bertz CT molecular complexity index is 877. The fourth-order valence-electron chi connectivity index (χ4n) is 4.22. The molecule has 1 aliphatic carbocycles. The number of benzene rings is 2. The van der Waals surface area contributed by atoms with Crippen LogP contribution in [-0.4, -0.2) is 33.2 Å². The predicted octanol–water partition coefficient (Wildman–Crippen LogP) is 5.31. The fourth-order valence-corrected chi connectivity index (χ4v) is 5.59. The van der Waals surface area contributed by atoms with E-state index in [1.807, 2.05) is 18.2 Å². The van der Waals surface area contributed by atoms with Crippen molar-refractivity contribution in [1.82, 2.24) is 0 Å². The third-order valence-corrected chi connectivity index (χ3v) is 11.7. The third kappa shape index (κ3) is 4.49. The number of ether oxygens (including phenoxy) is 1. The number of aliphatic hydroxyl groups excluding tert-OH is 1. The first kappa shape index (κ1) is 23.0. The highest BCUT2D eigenvalue weighted by atomic mass is 28.4. The largest absolute Gasteiger partial charge is 0.497 e. The number of methoxy groups -OCH3 is 1. The maximum absolute atomic E-state index is 10.2. The summed E-state index contributed by atoms with van der Waals surface area (Å²) < 4.78 is 12.1. The van der Waals surface area contributed by atoms with Crippen LogP contribution in [0.5, 0.6) is 5.75 Å². The van der Waals surface area contributed by atoms with E-state index in [1.54, 1.807) is 7.11 Å². The first-order chi connectivity index (χ1) is 14.0. The van der Waals surface area contributed by atoms with E-state index in [4.69, 9.17) is 14.9 Å². The van der Waals surface area contributed by atoms with E-state index in [1.165, 1.54) is 0 Å². The van der Waals surface area contributed by atoms with Crippen molar-refractivity contribution in [3.63, 3.8) is 0 Å². The molecule has 3 N–H and O–H groups in total. The maximum atomic E-state index is 10.2. The SMILES string of the molecule is COc1cccc(-c2cccc(C3(N)CC(O[Si](C)(C)C(C)(C)C)CC3CO)c2)c1. The molecule has 2 aromatic rings. The Morgan fingerprint density at radius 3 is 2.33 bits per heavy atom. The molecule has 2 aromatic carbocycles. The maximum Gasteiger partial charge on any atom is 0.192 e. The monoisotopic (exact) mass is 427 g/mol. The molecule has 0 amide bonds. The van der Waals surface area contributed by atoms with Crippen molar-refractivity contribution in [2.75, 3.05) is 13.7 Å². The molecule has 164 valence electrons. The summed E-state index contributed by atoms with van der Waals surface area (Å²) in [6.07, 6.45) is 1.60. The van der Waals surface area contributed by atoms with Crippen LogP contribution in [0.4, 0.5) is 0 Å². The predicted molar refractivity (Wildman–Crippen MR) is 126 cm³/mol. The highest BCUT2D eigenvalue weighted by Crippen LogP contribution is 2.46. The number of nitrogens with two attached hydrogens (primary N) is 1. The minimum absolute atomic E-state index is 0.0205. The Hall–Kier alpha value is -1.66. The molecule has 0 aliphatic heterocycles. The lowest BCUT2D eigenvalue weighted by Crippen LogP contribution is -2.45. The summed E-state index contributed by atoms with van der Waals surface area (Å²) in [7, 11) is -0.223. The molecule has 30 heavy (non-hydrogen) atoms. The van der Waals surface area contributed by atoms with E-state index < -0.39 is 13.9 Å². The molecule has 0 spiro atoms. The second-order valence-corrected chi connectivity index (χ2v) is 14.9. The summed E-state index contributed by atoms with van der Waals surface area (Å²) in [6, 6.07) is 16.4. The zero-order valence-electron chi connectivity index (χ0n) is 19.2. The molecule has 0 heterocycles. The van der Waals surface area contributed by atoms with E-state index in [2.05, 4.69) is 64.2 Å². The highest BCUT2D eigenvalue weighted by Gasteiger charge is 2.49. The Kier molecular flexibility index (Phi) is 6.49. The topological polar surface area (TPSA) is 64.7 Å². The van der Waals surface area contributed by atoms with Gasteiger partial charge in [0.05, 0.1) is 7.11 Å². The molecule has 3 rings (SSSR count). The number of rotatable bonds is 6. The van der Waals surface area contributed by atoms with Gasteiger partial charge in [-0.15, -0.1) is 0 Å². The first-order valence-corrected chi connectivity index (χ1v) is 13.7. The van der Waals surface area contributed by atoms with Gasteiger partial charge in [-0.3, -0.25) is 0 Å². The Labute approximate surface area is 182 Å².